The average molecular weight is 195 g/mol. The first kappa shape index (κ1) is 9.43. The van der Waals surface area contributed by atoms with Gasteiger partial charge in [0, 0.05) is 6.61 Å². The number of ether oxygens (including phenoxy) is 1. The number of hydrogen-bond acceptors (Lipinski definition) is 4. The molecule has 1 unspecified atom stereocenters. The van der Waals surface area contributed by atoms with Gasteiger partial charge in [-0.05, 0) is 18.6 Å². The summed E-state index contributed by atoms with van der Waals surface area (Å²) in [5.74, 6) is 0.650. The Morgan fingerprint density at radius 1 is 1.64 bits per heavy atom. The number of hydrogen-bond donors (Lipinski definition) is 1. The van der Waals surface area contributed by atoms with Gasteiger partial charge in [-0.25, -0.2) is 0 Å². The predicted octanol–water partition coefficient (Wildman–Crippen LogP) is 0.509. The maximum absolute atomic E-state index is 11.8. The van der Waals surface area contributed by atoms with Crippen molar-refractivity contribution in [1.82, 2.24) is 0 Å². The van der Waals surface area contributed by atoms with E-state index in [9.17, 15) is 4.79 Å². The quantitative estimate of drug-likeness (QED) is 0.763. The second-order valence-corrected chi connectivity index (χ2v) is 3.64. The number of furan rings is 1. The van der Waals surface area contributed by atoms with Gasteiger partial charge in [0.1, 0.15) is 11.3 Å². The summed E-state index contributed by atoms with van der Waals surface area (Å²) in [5, 5.41) is 0. The topological polar surface area (TPSA) is 65.5 Å². The molecule has 1 aliphatic heterocycles. The van der Waals surface area contributed by atoms with Gasteiger partial charge >= 0.3 is 0 Å². The Morgan fingerprint density at radius 2 is 2.50 bits per heavy atom. The van der Waals surface area contributed by atoms with Crippen molar-refractivity contribution in [3.8, 4) is 0 Å². The van der Waals surface area contributed by atoms with Gasteiger partial charge in [-0.1, -0.05) is 0 Å². The number of Topliss-reactive ketones (excluding diaryl/α,β-unsaturated/α-hetero) is 1. The van der Waals surface area contributed by atoms with Crippen LogP contribution >= 0.6 is 0 Å². The van der Waals surface area contributed by atoms with Crippen molar-refractivity contribution in [2.45, 2.75) is 18.4 Å². The Bertz CT molecular complexity index is 312. The van der Waals surface area contributed by atoms with E-state index in [0.717, 1.165) is 0 Å². The smallest absolute Gasteiger partial charge is 0.162 e. The molecule has 0 spiro atoms. The summed E-state index contributed by atoms with van der Waals surface area (Å²) in [6, 6.07) is 3.54. The number of carbonyl (C=O) groups is 1. The first-order valence-electron chi connectivity index (χ1n) is 4.63. The molecule has 1 fully saturated rings. The molecule has 1 aromatic rings. The van der Waals surface area contributed by atoms with E-state index in [1.807, 2.05) is 0 Å². The van der Waals surface area contributed by atoms with Crippen molar-refractivity contribution in [2.24, 2.45) is 5.73 Å². The summed E-state index contributed by atoms with van der Waals surface area (Å²) < 4.78 is 10.2. The molecule has 0 bridgehead atoms. The van der Waals surface area contributed by atoms with Crippen LogP contribution in [0.3, 0.4) is 0 Å². The number of nitrogens with two attached hydrogens (primary N) is 1. The Morgan fingerprint density at radius 3 is 3.07 bits per heavy atom. The maximum atomic E-state index is 11.8. The van der Waals surface area contributed by atoms with Crippen LogP contribution in [0.2, 0.25) is 0 Å². The third kappa shape index (κ3) is 1.71. The van der Waals surface area contributed by atoms with Crippen molar-refractivity contribution in [2.75, 3.05) is 13.2 Å². The SMILES string of the molecule is NC1(C(=O)Cc2ccco2)CCOC1. The van der Waals surface area contributed by atoms with Crippen LogP contribution in [0.25, 0.3) is 0 Å². The van der Waals surface area contributed by atoms with E-state index in [-0.39, 0.29) is 12.2 Å². The molecule has 4 heteroatoms. The lowest BCUT2D eigenvalue weighted by atomic mass is 9.92. The van der Waals surface area contributed by atoms with Crippen LogP contribution in [-0.2, 0) is 16.0 Å². The zero-order valence-corrected chi connectivity index (χ0v) is 7.86. The molecule has 1 atom stereocenters. The summed E-state index contributed by atoms with van der Waals surface area (Å²) in [5.41, 5.74) is 5.10. The monoisotopic (exact) mass is 195 g/mol. The van der Waals surface area contributed by atoms with Crippen LogP contribution in [0.4, 0.5) is 0 Å². The summed E-state index contributed by atoms with van der Waals surface area (Å²) in [4.78, 5) is 11.8. The minimum Gasteiger partial charge on any atom is -0.469 e. The highest BCUT2D eigenvalue weighted by Crippen LogP contribution is 2.18. The number of ketones is 1. The molecule has 76 valence electrons. The predicted molar refractivity (Wildman–Crippen MR) is 49.8 cm³/mol. The maximum Gasteiger partial charge on any atom is 0.162 e. The molecule has 2 N–H and O–H groups in total. The van der Waals surface area contributed by atoms with Gasteiger partial charge in [0.15, 0.2) is 5.78 Å². The van der Waals surface area contributed by atoms with Gasteiger partial charge in [-0.2, -0.15) is 0 Å². The fourth-order valence-electron chi connectivity index (χ4n) is 1.55. The largest absolute Gasteiger partial charge is 0.469 e. The van der Waals surface area contributed by atoms with Crippen molar-refractivity contribution >= 4 is 5.78 Å². The van der Waals surface area contributed by atoms with Crippen molar-refractivity contribution < 1.29 is 13.9 Å². The fraction of sp³-hybridized carbons (Fsp3) is 0.500. The molecule has 1 aromatic heterocycles. The van der Waals surface area contributed by atoms with Gasteiger partial charge < -0.3 is 14.9 Å². The Labute approximate surface area is 82.0 Å². The van der Waals surface area contributed by atoms with Gasteiger partial charge in [-0.15, -0.1) is 0 Å². The summed E-state index contributed by atoms with van der Waals surface area (Å²) in [6.07, 6.45) is 2.41. The molecule has 1 aliphatic rings. The second kappa shape index (κ2) is 3.55. The zero-order chi connectivity index (χ0) is 10.0. The molecule has 1 saturated heterocycles. The molecule has 4 nitrogen and oxygen atoms in total. The molecule has 14 heavy (non-hydrogen) atoms. The molecule has 2 rings (SSSR count). The van der Waals surface area contributed by atoms with E-state index in [4.69, 9.17) is 14.9 Å². The lowest BCUT2D eigenvalue weighted by Crippen LogP contribution is -2.49. The Hall–Kier alpha value is -1.13. The van der Waals surface area contributed by atoms with Crippen molar-refractivity contribution in [1.29, 1.82) is 0 Å². The highest BCUT2D eigenvalue weighted by Gasteiger charge is 2.37. The highest BCUT2D eigenvalue weighted by atomic mass is 16.5. The van der Waals surface area contributed by atoms with E-state index >= 15 is 0 Å². The molecule has 0 radical (unpaired) electrons. The molecule has 0 amide bonds. The lowest BCUT2D eigenvalue weighted by Gasteiger charge is -2.18. The molecule has 0 aliphatic carbocycles. The Balaban J connectivity index is 2.02. The standard InChI is InChI=1S/C10H13NO3/c11-10(3-5-13-7-10)9(12)6-8-2-1-4-14-8/h1-2,4H,3,5-7,11H2. The van der Waals surface area contributed by atoms with Crippen molar-refractivity contribution in [3.05, 3.63) is 24.2 Å². The number of carbonyl (C=O) groups excluding carboxylic acids is 1. The summed E-state index contributed by atoms with van der Waals surface area (Å²) in [7, 11) is 0. The molecule has 0 saturated carbocycles. The zero-order valence-electron chi connectivity index (χ0n) is 7.86. The molecule has 0 aromatic carbocycles. The van der Waals surface area contributed by atoms with Crippen LogP contribution in [0.5, 0.6) is 0 Å². The van der Waals surface area contributed by atoms with Crippen LogP contribution in [0.15, 0.2) is 22.8 Å². The van der Waals surface area contributed by atoms with Crippen LogP contribution < -0.4 is 5.73 Å². The number of rotatable bonds is 3. The van der Waals surface area contributed by atoms with Crippen LogP contribution in [0.1, 0.15) is 12.2 Å². The minimum atomic E-state index is -0.799. The molecular formula is C10H13NO3. The van der Waals surface area contributed by atoms with Gasteiger partial charge in [0.05, 0.1) is 19.3 Å². The normalized spacial score (nSPS) is 26.6. The molecular weight excluding hydrogens is 182 g/mol. The summed E-state index contributed by atoms with van der Waals surface area (Å²) >= 11 is 0. The van der Waals surface area contributed by atoms with Crippen molar-refractivity contribution in [3.63, 3.8) is 0 Å². The second-order valence-electron chi connectivity index (χ2n) is 3.64. The third-order valence-electron chi connectivity index (χ3n) is 2.52. The highest BCUT2D eigenvalue weighted by molar-refractivity contribution is 5.90. The first-order chi connectivity index (χ1) is 6.71. The van der Waals surface area contributed by atoms with E-state index in [1.54, 1.807) is 18.4 Å². The van der Waals surface area contributed by atoms with Gasteiger partial charge in [0.2, 0.25) is 0 Å². The minimum absolute atomic E-state index is 0.00931. The fourth-order valence-corrected chi connectivity index (χ4v) is 1.55. The average Bonchev–Trinajstić information content (AvgIpc) is 2.76. The van der Waals surface area contributed by atoms with E-state index in [2.05, 4.69) is 0 Å². The Kier molecular flexibility index (Phi) is 2.39. The third-order valence-corrected chi connectivity index (χ3v) is 2.52. The first-order valence-corrected chi connectivity index (χ1v) is 4.63. The molecule has 2 heterocycles. The summed E-state index contributed by atoms with van der Waals surface area (Å²) in [6.45, 7) is 0.896. The lowest BCUT2D eigenvalue weighted by molar-refractivity contribution is -0.123. The van der Waals surface area contributed by atoms with E-state index in [1.165, 1.54) is 0 Å². The van der Waals surface area contributed by atoms with Gasteiger partial charge in [-0.3, -0.25) is 4.79 Å². The van der Waals surface area contributed by atoms with Crippen LogP contribution in [-0.4, -0.2) is 24.5 Å². The van der Waals surface area contributed by atoms with Crippen LogP contribution in [0, 0.1) is 0 Å². The van der Waals surface area contributed by atoms with Gasteiger partial charge in [0.25, 0.3) is 0 Å². The van der Waals surface area contributed by atoms with E-state index < -0.39 is 5.54 Å². The van der Waals surface area contributed by atoms with E-state index in [0.29, 0.717) is 25.4 Å².